The van der Waals surface area contributed by atoms with Gasteiger partial charge in [-0.1, -0.05) is 6.07 Å². The van der Waals surface area contributed by atoms with Gasteiger partial charge < -0.3 is 10.0 Å². The summed E-state index contributed by atoms with van der Waals surface area (Å²) < 4.78 is 26.6. The molecule has 0 aliphatic carbocycles. The van der Waals surface area contributed by atoms with Crippen molar-refractivity contribution in [3.8, 4) is 0 Å². The molecule has 0 saturated carbocycles. The van der Waals surface area contributed by atoms with E-state index in [9.17, 15) is 18.7 Å². The van der Waals surface area contributed by atoms with E-state index in [2.05, 4.69) is 4.98 Å². The predicted molar refractivity (Wildman–Crippen MR) is 84.1 cm³/mol. The normalized spacial score (nSPS) is 20.4. The van der Waals surface area contributed by atoms with Crippen molar-refractivity contribution in [2.45, 2.75) is 18.9 Å². The number of carbonyl (C=O) groups excluding carboxylic acids is 1. The first-order chi connectivity index (χ1) is 11.5. The number of hydrogen-bond donors (Lipinski definition) is 1. The molecule has 0 radical (unpaired) electrons. The van der Waals surface area contributed by atoms with E-state index >= 15 is 0 Å². The molecule has 2 heterocycles. The van der Waals surface area contributed by atoms with Crippen LogP contribution in [0.3, 0.4) is 0 Å². The second-order valence-electron chi connectivity index (χ2n) is 6.10. The quantitative estimate of drug-likeness (QED) is 0.931. The summed E-state index contributed by atoms with van der Waals surface area (Å²) in [5.74, 6) is -1.72. The lowest BCUT2D eigenvalue weighted by Gasteiger charge is -2.16. The number of nitrogens with zero attached hydrogens (tertiary/aromatic N) is 2. The highest BCUT2D eigenvalue weighted by Gasteiger charge is 2.34. The summed E-state index contributed by atoms with van der Waals surface area (Å²) in [6, 6.07) is 6.95. The molecule has 1 aromatic heterocycles. The van der Waals surface area contributed by atoms with Gasteiger partial charge in [-0.3, -0.25) is 9.78 Å². The van der Waals surface area contributed by atoms with Crippen LogP contribution in [0.2, 0.25) is 0 Å². The van der Waals surface area contributed by atoms with Gasteiger partial charge in [0.15, 0.2) is 0 Å². The van der Waals surface area contributed by atoms with Crippen molar-refractivity contribution in [2.24, 2.45) is 5.92 Å². The van der Waals surface area contributed by atoms with Crippen molar-refractivity contribution in [3.05, 3.63) is 65.5 Å². The van der Waals surface area contributed by atoms with Crippen LogP contribution < -0.4 is 0 Å². The Hall–Kier alpha value is -2.34. The molecule has 1 aliphatic heterocycles. The minimum absolute atomic E-state index is 0.0607. The smallest absolute Gasteiger partial charge is 0.227 e. The molecule has 1 aliphatic rings. The molecule has 2 atom stereocenters. The van der Waals surface area contributed by atoms with E-state index in [1.165, 1.54) is 6.07 Å². The molecule has 6 heteroatoms. The van der Waals surface area contributed by atoms with Crippen molar-refractivity contribution in [3.63, 3.8) is 0 Å². The molecule has 0 spiro atoms. The van der Waals surface area contributed by atoms with Crippen LogP contribution in [-0.4, -0.2) is 40.1 Å². The molecule has 1 amide bonds. The second-order valence-corrected chi connectivity index (χ2v) is 6.10. The van der Waals surface area contributed by atoms with Crippen molar-refractivity contribution in [1.82, 2.24) is 9.88 Å². The van der Waals surface area contributed by atoms with Crippen molar-refractivity contribution >= 4 is 5.91 Å². The average molecular weight is 332 g/mol. The Kier molecular flexibility index (Phi) is 4.85. The maximum Gasteiger partial charge on any atom is 0.227 e. The number of likely N-dealkylation sites (tertiary alicyclic amines) is 1. The van der Waals surface area contributed by atoms with Crippen LogP contribution in [0.5, 0.6) is 0 Å². The summed E-state index contributed by atoms with van der Waals surface area (Å²) in [7, 11) is 0. The minimum Gasteiger partial charge on any atom is -0.391 e. The lowest BCUT2D eigenvalue weighted by molar-refractivity contribution is -0.129. The van der Waals surface area contributed by atoms with Crippen LogP contribution >= 0.6 is 0 Å². The van der Waals surface area contributed by atoms with Gasteiger partial charge in [-0.25, -0.2) is 8.78 Å². The number of carbonyl (C=O) groups is 1. The minimum atomic E-state index is -0.726. The maximum atomic E-state index is 13.7. The maximum absolute atomic E-state index is 13.7. The molecule has 126 valence electrons. The molecule has 4 nitrogen and oxygen atoms in total. The lowest BCUT2D eigenvalue weighted by Crippen LogP contribution is -2.31. The standard InChI is InChI=1S/C18H18F2N2O2/c19-15-2-1-13(16(20)9-15)8-18(24)22-10-14(17(23)11-22)7-12-3-5-21-6-4-12/h1-6,9,14,17,23H,7-8,10-11H2/t14-,17+/m1/s1. The number of rotatable bonds is 4. The number of aliphatic hydroxyl groups excluding tert-OH is 1. The van der Waals surface area contributed by atoms with E-state index in [1.807, 2.05) is 12.1 Å². The first-order valence-electron chi connectivity index (χ1n) is 7.81. The number of benzene rings is 1. The number of aromatic nitrogens is 1. The molecule has 0 bridgehead atoms. The lowest BCUT2D eigenvalue weighted by atomic mass is 9.97. The van der Waals surface area contributed by atoms with Gasteiger partial charge in [-0.05, 0) is 35.7 Å². The van der Waals surface area contributed by atoms with E-state index in [0.717, 1.165) is 17.7 Å². The molecule has 3 rings (SSSR count). The molecule has 1 fully saturated rings. The molecular formula is C18H18F2N2O2. The zero-order chi connectivity index (χ0) is 17.1. The SMILES string of the molecule is O=C(Cc1ccc(F)cc1F)N1C[C@@H](Cc2ccncc2)[C@@H](O)C1. The van der Waals surface area contributed by atoms with Crippen LogP contribution in [-0.2, 0) is 17.6 Å². The second kappa shape index (κ2) is 7.05. The van der Waals surface area contributed by atoms with Gasteiger partial charge in [0.1, 0.15) is 11.6 Å². The number of halogens is 2. The summed E-state index contributed by atoms with van der Waals surface area (Å²) in [6.07, 6.45) is 3.28. The Morgan fingerprint density at radius 2 is 1.96 bits per heavy atom. The third-order valence-electron chi connectivity index (χ3n) is 4.36. The summed E-state index contributed by atoms with van der Waals surface area (Å²) >= 11 is 0. The molecule has 1 N–H and O–H groups in total. The van der Waals surface area contributed by atoms with Gasteiger partial charge in [0.25, 0.3) is 0 Å². The summed E-state index contributed by atoms with van der Waals surface area (Å²) in [5.41, 5.74) is 1.21. The van der Waals surface area contributed by atoms with Crippen LogP contribution in [0.4, 0.5) is 8.78 Å². The van der Waals surface area contributed by atoms with Crippen molar-refractivity contribution in [2.75, 3.05) is 13.1 Å². The molecule has 1 aromatic carbocycles. The number of aliphatic hydroxyl groups is 1. The Labute approximate surface area is 138 Å². The number of hydrogen-bond acceptors (Lipinski definition) is 3. The molecule has 24 heavy (non-hydrogen) atoms. The third kappa shape index (κ3) is 3.76. The van der Waals surface area contributed by atoms with Gasteiger partial charge in [0.05, 0.1) is 12.5 Å². The Morgan fingerprint density at radius 3 is 2.67 bits per heavy atom. The van der Waals surface area contributed by atoms with Crippen LogP contribution in [0.25, 0.3) is 0 Å². The largest absolute Gasteiger partial charge is 0.391 e. The van der Waals surface area contributed by atoms with E-state index in [-0.39, 0.29) is 30.4 Å². The monoisotopic (exact) mass is 332 g/mol. The Bertz CT molecular complexity index is 724. The van der Waals surface area contributed by atoms with Crippen molar-refractivity contribution in [1.29, 1.82) is 0 Å². The van der Waals surface area contributed by atoms with Gasteiger partial charge in [-0.15, -0.1) is 0 Å². The molecule has 2 aromatic rings. The van der Waals surface area contributed by atoms with Gasteiger partial charge in [0, 0.05) is 37.5 Å². The summed E-state index contributed by atoms with van der Waals surface area (Å²) in [6.45, 7) is 0.655. The fourth-order valence-electron chi connectivity index (χ4n) is 3.02. The molecule has 0 unspecified atom stereocenters. The van der Waals surface area contributed by atoms with Gasteiger partial charge >= 0.3 is 0 Å². The number of pyridine rings is 1. The predicted octanol–water partition coefficient (Wildman–Crippen LogP) is 1.96. The Balaban J connectivity index is 1.62. The van der Waals surface area contributed by atoms with Crippen LogP contribution in [0, 0.1) is 17.6 Å². The fourth-order valence-corrected chi connectivity index (χ4v) is 3.02. The highest BCUT2D eigenvalue weighted by Crippen LogP contribution is 2.22. The van der Waals surface area contributed by atoms with E-state index < -0.39 is 17.7 Å². The fraction of sp³-hybridized carbons (Fsp3) is 0.333. The van der Waals surface area contributed by atoms with Gasteiger partial charge in [-0.2, -0.15) is 0 Å². The summed E-state index contributed by atoms with van der Waals surface area (Å²) in [4.78, 5) is 17.8. The first kappa shape index (κ1) is 16.5. The topological polar surface area (TPSA) is 53.4 Å². The highest BCUT2D eigenvalue weighted by atomic mass is 19.1. The van der Waals surface area contributed by atoms with E-state index in [1.54, 1.807) is 17.3 Å². The van der Waals surface area contributed by atoms with Crippen LogP contribution in [0.1, 0.15) is 11.1 Å². The zero-order valence-electron chi connectivity index (χ0n) is 13.0. The average Bonchev–Trinajstić information content (AvgIpc) is 2.92. The molecule has 1 saturated heterocycles. The third-order valence-corrected chi connectivity index (χ3v) is 4.36. The zero-order valence-corrected chi connectivity index (χ0v) is 13.0. The number of β-amino-alcohol motifs (C(OH)–C–C–N with tert-alkyl or cyclic N) is 1. The van der Waals surface area contributed by atoms with E-state index in [4.69, 9.17) is 0 Å². The van der Waals surface area contributed by atoms with Crippen LogP contribution in [0.15, 0.2) is 42.7 Å². The summed E-state index contributed by atoms with van der Waals surface area (Å²) in [5, 5.41) is 10.2. The van der Waals surface area contributed by atoms with E-state index in [0.29, 0.717) is 13.0 Å². The van der Waals surface area contributed by atoms with Crippen molar-refractivity contribution < 1.29 is 18.7 Å². The molecular weight excluding hydrogens is 314 g/mol. The number of amides is 1. The first-order valence-corrected chi connectivity index (χ1v) is 7.81. The van der Waals surface area contributed by atoms with Gasteiger partial charge in [0.2, 0.25) is 5.91 Å². The Morgan fingerprint density at radius 1 is 1.21 bits per heavy atom. The highest BCUT2D eigenvalue weighted by molar-refractivity contribution is 5.79.